The van der Waals surface area contributed by atoms with Gasteiger partial charge in [-0.2, -0.15) is 0 Å². The van der Waals surface area contributed by atoms with Crippen LogP contribution in [-0.4, -0.2) is 16.8 Å². The van der Waals surface area contributed by atoms with Crippen molar-refractivity contribution < 1.29 is 19.0 Å². The third-order valence-corrected chi connectivity index (χ3v) is 1.88. The molecule has 0 radical (unpaired) electrons. The Hall–Kier alpha value is -1.78. The van der Waals surface area contributed by atoms with E-state index in [1.54, 1.807) is 20.8 Å². The normalized spacial score (nSPS) is 11.1. The van der Waals surface area contributed by atoms with Gasteiger partial charge in [-0.15, -0.1) is 0 Å². The van der Waals surface area contributed by atoms with Crippen molar-refractivity contribution in [2.75, 3.05) is 0 Å². The maximum absolute atomic E-state index is 13.3. The van der Waals surface area contributed by atoms with Crippen LogP contribution >= 0.6 is 0 Å². The van der Waals surface area contributed by atoms with E-state index in [2.05, 4.69) is 5.32 Å². The van der Waals surface area contributed by atoms with Crippen molar-refractivity contribution in [1.29, 1.82) is 0 Å². The van der Waals surface area contributed by atoms with Gasteiger partial charge in [0.15, 0.2) is 11.6 Å². The number of nitrogens with one attached hydrogen (secondary N) is 1. The number of halogens is 1. The minimum atomic E-state index is -0.733. The van der Waals surface area contributed by atoms with Crippen LogP contribution < -0.4 is 5.32 Å². The number of phenols is 1. The number of phenolic OH excluding ortho intramolecular Hbond substituents is 1. The van der Waals surface area contributed by atoms with Gasteiger partial charge in [0.2, 0.25) is 0 Å². The van der Waals surface area contributed by atoms with Gasteiger partial charge >= 0.3 is 6.09 Å². The molecule has 0 aliphatic heterocycles. The van der Waals surface area contributed by atoms with Gasteiger partial charge in [0, 0.05) is 12.1 Å². The monoisotopic (exact) mass is 241 g/mol. The van der Waals surface area contributed by atoms with Crippen molar-refractivity contribution >= 4 is 6.09 Å². The summed E-state index contributed by atoms with van der Waals surface area (Å²) in [4.78, 5) is 11.3. The molecule has 0 bridgehead atoms. The second-order valence-electron chi connectivity index (χ2n) is 4.61. The first-order valence-corrected chi connectivity index (χ1v) is 5.23. The van der Waals surface area contributed by atoms with E-state index in [-0.39, 0.29) is 12.1 Å². The smallest absolute Gasteiger partial charge is 0.407 e. The van der Waals surface area contributed by atoms with Crippen LogP contribution in [-0.2, 0) is 11.3 Å². The Balaban J connectivity index is 2.56. The fourth-order valence-electron chi connectivity index (χ4n) is 1.18. The Labute approximate surface area is 99.4 Å². The van der Waals surface area contributed by atoms with Gasteiger partial charge in [0.05, 0.1) is 0 Å². The number of ether oxygens (including phenoxy) is 1. The Bertz CT molecular complexity index is 413. The number of hydrogen-bond donors (Lipinski definition) is 2. The molecule has 0 heterocycles. The molecule has 0 unspecified atom stereocenters. The van der Waals surface area contributed by atoms with Gasteiger partial charge in [-0.3, -0.25) is 0 Å². The molecule has 0 aromatic heterocycles. The lowest BCUT2D eigenvalue weighted by atomic mass is 10.2. The summed E-state index contributed by atoms with van der Waals surface area (Å²) in [6.07, 6.45) is -0.625. The Morgan fingerprint density at radius 3 is 2.71 bits per heavy atom. The minimum absolute atomic E-state index is 0.0326. The van der Waals surface area contributed by atoms with Crippen LogP contribution in [0.5, 0.6) is 5.75 Å². The highest BCUT2D eigenvalue weighted by Crippen LogP contribution is 2.18. The first-order valence-electron chi connectivity index (χ1n) is 5.23. The molecule has 0 saturated carbocycles. The van der Waals surface area contributed by atoms with Crippen molar-refractivity contribution in [3.63, 3.8) is 0 Å². The van der Waals surface area contributed by atoms with Crippen molar-refractivity contribution in [2.24, 2.45) is 0 Å². The minimum Gasteiger partial charge on any atom is -0.505 e. The van der Waals surface area contributed by atoms with E-state index >= 15 is 0 Å². The summed E-state index contributed by atoms with van der Waals surface area (Å²) >= 11 is 0. The van der Waals surface area contributed by atoms with E-state index in [0.29, 0.717) is 0 Å². The number of hydrogen-bond acceptors (Lipinski definition) is 3. The quantitative estimate of drug-likeness (QED) is 0.836. The summed E-state index contributed by atoms with van der Waals surface area (Å²) < 4.78 is 18.3. The molecule has 1 aromatic rings. The second-order valence-corrected chi connectivity index (χ2v) is 4.61. The third-order valence-electron chi connectivity index (χ3n) is 1.88. The molecule has 0 aliphatic carbocycles. The zero-order chi connectivity index (χ0) is 13.1. The Morgan fingerprint density at radius 2 is 2.12 bits per heavy atom. The van der Waals surface area contributed by atoms with Crippen LogP contribution in [0.1, 0.15) is 26.3 Å². The van der Waals surface area contributed by atoms with Gasteiger partial charge in [0.25, 0.3) is 0 Å². The SMILES string of the molecule is CC(C)(C)OC(=O)NCc1cccc(O)c1F. The zero-order valence-corrected chi connectivity index (χ0v) is 10.1. The third kappa shape index (κ3) is 4.30. The number of rotatable bonds is 2. The molecular formula is C12H16FNO3. The maximum atomic E-state index is 13.3. The Morgan fingerprint density at radius 1 is 1.47 bits per heavy atom. The number of carbonyl (C=O) groups is 1. The van der Waals surface area contributed by atoms with Gasteiger partial charge in [-0.25, -0.2) is 9.18 Å². The summed E-state index contributed by atoms with van der Waals surface area (Å²) in [6, 6.07) is 4.23. The van der Waals surface area contributed by atoms with Crippen LogP contribution in [0, 0.1) is 5.82 Å². The highest BCUT2D eigenvalue weighted by Gasteiger charge is 2.16. The highest BCUT2D eigenvalue weighted by atomic mass is 19.1. The van der Waals surface area contributed by atoms with Crippen molar-refractivity contribution in [3.05, 3.63) is 29.6 Å². The van der Waals surface area contributed by atoms with Crippen molar-refractivity contribution in [1.82, 2.24) is 5.32 Å². The molecule has 0 atom stereocenters. The molecule has 4 nitrogen and oxygen atoms in total. The molecule has 94 valence electrons. The van der Waals surface area contributed by atoms with Crippen LogP contribution in [0.25, 0.3) is 0 Å². The van der Waals surface area contributed by atoms with Gasteiger partial charge < -0.3 is 15.2 Å². The first kappa shape index (κ1) is 13.3. The lowest BCUT2D eigenvalue weighted by Crippen LogP contribution is -2.32. The van der Waals surface area contributed by atoms with E-state index in [0.717, 1.165) is 0 Å². The van der Waals surface area contributed by atoms with E-state index in [4.69, 9.17) is 9.84 Å². The number of amides is 1. The van der Waals surface area contributed by atoms with Crippen LogP contribution in [0.2, 0.25) is 0 Å². The Kier molecular flexibility index (Phi) is 3.93. The maximum Gasteiger partial charge on any atom is 0.407 e. The summed E-state index contributed by atoms with van der Waals surface area (Å²) in [6.45, 7) is 5.18. The van der Waals surface area contributed by atoms with E-state index < -0.39 is 23.3 Å². The van der Waals surface area contributed by atoms with Crippen LogP contribution in [0.15, 0.2) is 18.2 Å². The molecule has 1 aromatic carbocycles. The predicted octanol–water partition coefficient (Wildman–Crippen LogP) is 2.56. The number of aromatic hydroxyl groups is 1. The fourth-order valence-corrected chi connectivity index (χ4v) is 1.18. The van der Waals surface area contributed by atoms with E-state index in [1.807, 2.05) is 0 Å². The molecule has 17 heavy (non-hydrogen) atoms. The molecule has 2 N–H and O–H groups in total. The fraction of sp³-hybridized carbons (Fsp3) is 0.417. The number of benzene rings is 1. The van der Waals surface area contributed by atoms with E-state index in [1.165, 1.54) is 18.2 Å². The van der Waals surface area contributed by atoms with Crippen molar-refractivity contribution in [2.45, 2.75) is 32.9 Å². The molecule has 1 rings (SSSR count). The zero-order valence-electron chi connectivity index (χ0n) is 10.1. The van der Waals surface area contributed by atoms with E-state index in [9.17, 15) is 9.18 Å². The molecule has 0 saturated heterocycles. The van der Waals surface area contributed by atoms with Crippen LogP contribution in [0.4, 0.5) is 9.18 Å². The predicted molar refractivity (Wildman–Crippen MR) is 61.1 cm³/mol. The first-order chi connectivity index (χ1) is 7.79. The average Bonchev–Trinajstić information content (AvgIpc) is 2.18. The largest absolute Gasteiger partial charge is 0.505 e. The summed E-state index contributed by atoms with van der Waals surface area (Å²) in [5.74, 6) is -1.17. The molecule has 1 amide bonds. The standard InChI is InChI=1S/C12H16FNO3/c1-12(2,3)17-11(16)14-7-8-5-4-6-9(15)10(8)13/h4-6,15H,7H2,1-3H3,(H,14,16). The average molecular weight is 241 g/mol. The summed E-state index contributed by atoms with van der Waals surface area (Å²) in [5, 5.41) is 11.5. The molecule has 0 aliphatic rings. The molecule has 5 heteroatoms. The second kappa shape index (κ2) is 5.03. The van der Waals surface area contributed by atoms with Crippen LogP contribution in [0.3, 0.4) is 0 Å². The number of alkyl carbamates (subject to hydrolysis) is 1. The van der Waals surface area contributed by atoms with Gasteiger partial charge in [-0.1, -0.05) is 12.1 Å². The molecular weight excluding hydrogens is 225 g/mol. The molecule has 0 spiro atoms. The molecule has 0 fully saturated rings. The lowest BCUT2D eigenvalue weighted by molar-refractivity contribution is 0.0523. The van der Waals surface area contributed by atoms with Gasteiger partial charge in [0.1, 0.15) is 5.60 Å². The van der Waals surface area contributed by atoms with Crippen molar-refractivity contribution in [3.8, 4) is 5.75 Å². The summed E-state index contributed by atoms with van der Waals surface area (Å²) in [5.41, 5.74) is -0.391. The lowest BCUT2D eigenvalue weighted by Gasteiger charge is -2.19. The summed E-state index contributed by atoms with van der Waals surface area (Å²) in [7, 11) is 0. The highest BCUT2D eigenvalue weighted by molar-refractivity contribution is 5.67. The topological polar surface area (TPSA) is 58.6 Å². The van der Waals surface area contributed by atoms with Gasteiger partial charge in [-0.05, 0) is 26.8 Å². The number of carbonyl (C=O) groups excluding carboxylic acids is 1.